The van der Waals surface area contributed by atoms with Gasteiger partial charge in [0.25, 0.3) is 0 Å². The molecule has 2 aliphatic rings. The predicted octanol–water partition coefficient (Wildman–Crippen LogP) is 0.831. The number of carboxylic acid groups (broad SMARTS) is 1. The summed E-state index contributed by atoms with van der Waals surface area (Å²) in [7, 11) is 1.28. The Bertz CT molecular complexity index is 451. The van der Waals surface area contributed by atoms with Gasteiger partial charge in [-0.05, 0) is 25.2 Å². The monoisotopic (exact) mass is 298 g/mol. The van der Waals surface area contributed by atoms with Crippen molar-refractivity contribution in [3.05, 3.63) is 0 Å². The number of carbonyl (C=O) groups excluding carboxylic acids is 2. The summed E-state index contributed by atoms with van der Waals surface area (Å²) in [4.78, 5) is 36.9. The van der Waals surface area contributed by atoms with E-state index in [9.17, 15) is 19.5 Å². The Hall–Kier alpha value is -1.79. The number of hydrogen-bond acceptors (Lipinski definition) is 4. The highest BCUT2D eigenvalue weighted by atomic mass is 16.5. The van der Waals surface area contributed by atoms with E-state index < -0.39 is 23.9 Å². The first-order valence-corrected chi connectivity index (χ1v) is 7.26. The Morgan fingerprint density at radius 1 is 1.29 bits per heavy atom. The Kier molecular flexibility index (Phi) is 4.39. The van der Waals surface area contributed by atoms with Crippen LogP contribution in [0.1, 0.15) is 33.1 Å². The Morgan fingerprint density at radius 3 is 2.43 bits per heavy atom. The van der Waals surface area contributed by atoms with Crippen LogP contribution in [-0.4, -0.2) is 53.2 Å². The molecule has 0 aromatic carbocycles. The number of carbonyl (C=O) groups is 3. The molecule has 2 N–H and O–H groups in total. The lowest BCUT2D eigenvalue weighted by Crippen LogP contribution is -2.52. The Balaban J connectivity index is 2.07. The van der Waals surface area contributed by atoms with E-state index >= 15 is 0 Å². The van der Waals surface area contributed by atoms with Crippen molar-refractivity contribution in [2.24, 2.45) is 11.8 Å². The second-order valence-corrected chi connectivity index (χ2v) is 6.08. The minimum Gasteiger partial charge on any atom is -0.481 e. The standard InChI is InChI=1S/C14H22N2O5/c1-7(2)11(13(19)21-3)15-14(20)16-8-4-5-10(16)9(6-8)12(17)18/h7-11H,4-6H2,1-3H3,(H,15,20)(H,17,18). The van der Waals surface area contributed by atoms with Gasteiger partial charge in [0, 0.05) is 12.1 Å². The molecular weight excluding hydrogens is 276 g/mol. The summed E-state index contributed by atoms with van der Waals surface area (Å²) in [6, 6.07) is -1.39. The summed E-state index contributed by atoms with van der Waals surface area (Å²) in [5, 5.41) is 11.9. The molecule has 2 rings (SSSR count). The molecule has 0 spiro atoms. The van der Waals surface area contributed by atoms with Gasteiger partial charge in [0.05, 0.1) is 13.0 Å². The van der Waals surface area contributed by atoms with E-state index in [1.54, 1.807) is 4.90 Å². The predicted molar refractivity (Wildman–Crippen MR) is 73.6 cm³/mol. The first-order chi connectivity index (χ1) is 9.86. The van der Waals surface area contributed by atoms with Crippen molar-refractivity contribution in [1.82, 2.24) is 10.2 Å². The van der Waals surface area contributed by atoms with Gasteiger partial charge >= 0.3 is 18.0 Å². The maximum atomic E-state index is 12.4. The van der Waals surface area contributed by atoms with E-state index in [4.69, 9.17) is 4.74 Å². The molecule has 2 fully saturated rings. The van der Waals surface area contributed by atoms with Gasteiger partial charge in [-0.2, -0.15) is 0 Å². The molecule has 2 aliphatic heterocycles. The van der Waals surface area contributed by atoms with Crippen molar-refractivity contribution in [1.29, 1.82) is 0 Å². The largest absolute Gasteiger partial charge is 0.481 e. The summed E-state index contributed by atoms with van der Waals surface area (Å²) in [5.74, 6) is -1.94. The van der Waals surface area contributed by atoms with Gasteiger partial charge in [-0.3, -0.25) is 4.79 Å². The number of fused-ring (bicyclic) bond motifs is 2. The summed E-state index contributed by atoms with van der Waals surface area (Å²) < 4.78 is 4.70. The molecule has 21 heavy (non-hydrogen) atoms. The number of nitrogens with zero attached hydrogens (tertiary/aromatic N) is 1. The summed E-state index contributed by atoms with van der Waals surface area (Å²) >= 11 is 0. The van der Waals surface area contributed by atoms with Crippen molar-refractivity contribution in [3.63, 3.8) is 0 Å². The van der Waals surface area contributed by atoms with E-state index in [1.807, 2.05) is 13.8 Å². The van der Waals surface area contributed by atoms with Crippen LogP contribution >= 0.6 is 0 Å². The highest BCUT2D eigenvalue weighted by Gasteiger charge is 2.51. The average Bonchev–Trinajstić information content (AvgIpc) is 3.01. The van der Waals surface area contributed by atoms with Crippen molar-refractivity contribution < 1.29 is 24.2 Å². The molecule has 4 unspecified atom stereocenters. The molecule has 2 heterocycles. The molecule has 0 aromatic rings. The lowest BCUT2D eigenvalue weighted by molar-refractivity contribution is -0.144. The molecule has 2 saturated heterocycles. The van der Waals surface area contributed by atoms with Gasteiger partial charge in [-0.25, -0.2) is 9.59 Å². The molecule has 0 aromatic heterocycles. The summed E-state index contributed by atoms with van der Waals surface area (Å²) in [5.41, 5.74) is 0. The Labute approximate surface area is 123 Å². The second kappa shape index (κ2) is 5.91. The van der Waals surface area contributed by atoms with Crippen LogP contribution in [0.5, 0.6) is 0 Å². The van der Waals surface area contributed by atoms with Gasteiger partial charge in [0.1, 0.15) is 6.04 Å². The Morgan fingerprint density at radius 2 is 1.95 bits per heavy atom. The first-order valence-electron chi connectivity index (χ1n) is 7.26. The molecule has 2 amide bonds. The fourth-order valence-corrected chi connectivity index (χ4v) is 3.40. The van der Waals surface area contributed by atoms with Gasteiger partial charge in [0.2, 0.25) is 0 Å². The minimum absolute atomic E-state index is 0.0402. The highest BCUT2D eigenvalue weighted by molar-refractivity contribution is 5.85. The van der Waals surface area contributed by atoms with Gasteiger partial charge in [-0.1, -0.05) is 13.8 Å². The van der Waals surface area contributed by atoms with Crippen LogP contribution in [-0.2, 0) is 14.3 Å². The number of aliphatic carboxylic acids is 1. The highest BCUT2D eigenvalue weighted by Crippen LogP contribution is 2.41. The molecular formula is C14H22N2O5. The third-order valence-electron chi connectivity index (χ3n) is 4.49. The van der Waals surface area contributed by atoms with Gasteiger partial charge in [0.15, 0.2) is 0 Å². The zero-order valence-electron chi connectivity index (χ0n) is 12.5. The topological polar surface area (TPSA) is 95.9 Å². The lowest BCUT2D eigenvalue weighted by atomic mass is 9.89. The summed E-state index contributed by atoms with van der Waals surface area (Å²) in [6.07, 6.45) is 2.03. The van der Waals surface area contributed by atoms with Gasteiger partial charge < -0.3 is 20.1 Å². The van der Waals surface area contributed by atoms with E-state index in [2.05, 4.69) is 5.32 Å². The van der Waals surface area contributed by atoms with E-state index in [1.165, 1.54) is 7.11 Å². The third-order valence-corrected chi connectivity index (χ3v) is 4.49. The molecule has 4 atom stereocenters. The first kappa shape index (κ1) is 15.6. The maximum absolute atomic E-state index is 12.4. The number of hydrogen-bond donors (Lipinski definition) is 2. The molecule has 0 radical (unpaired) electrons. The van der Waals surface area contributed by atoms with Crippen molar-refractivity contribution >= 4 is 18.0 Å². The molecule has 2 bridgehead atoms. The van der Waals surface area contributed by atoms with Crippen LogP contribution in [0.25, 0.3) is 0 Å². The number of methoxy groups -OCH3 is 1. The number of esters is 1. The van der Waals surface area contributed by atoms with Crippen LogP contribution in [0.2, 0.25) is 0 Å². The minimum atomic E-state index is -0.853. The quantitative estimate of drug-likeness (QED) is 0.749. The number of rotatable bonds is 4. The number of urea groups is 1. The molecule has 7 nitrogen and oxygen atoms in total. The van der Waals surface area contributed by atoms with Crippen LogP contribution in [0.15, 0.2) is 0 Å². The van der Waals surface area contributed by atoms with Crippen molar-refractivity contribution in [3.8, 4) is 0 Å². The fraction of sp³-hybridized carbons (Fsp3) is 0.786. The smallest absolute Gasteiger partial charge is 0.328 e. The maximum Gasteiger partial charge on any atom is 0.328 e. The number of amides is 2. The fourth-order valence-electron chi connectivity index (χ4n) is 3.40. The normalized spacial score (nSPS) is 28.6. The second-order valence-electron chi connectivity index (χ2n) is 6.08. The number of ether oxygens (including phenoxy) is 1. The zero-order chi connectivity index (χ0) is 15.7. The van der Waals surface area contributed by atoms with E-state index in [0.29, 0.717) is 12.8 Å². The van der Waals surface area contributed by atoms with Crippen LogP contribution < -0.4 is 5.32 Å². The van der Waals surface area contributed by atoms with Crippen LogP contribution in [0, 0.1) is 11.8 Å². The lowest BCUT2D eigenvalue weighted by Gasteiger charge is -2.27. The number of carboxylic acids is 1. The van der Waals surface area contributed by atoms with Gasteiger partial charge in [-0.15, -0.1) is 0 Å². The molecule has 118 valence electrons. The SMILES string of the molecule is COC(=O)C(NC(=O)N1C2CCC1C(C(=O)O)C2)C(C)C. The summed E-state index contributed by atoms with van der Waals surface area (Å²) in [6.45, 7) is 3.64. The molecule has 0 aliphatic carbocycles. The zero-order valence-corrected chi connectivity index (χ0v) is 12.5. The van der Waals surface area contributed by atoms with Crippen molar-refractivity contribution in [2.45, 2.75) is 51.2 Å². The van der Waals surface area contributed by atoms with Crippen molar-refractivity contribution in [2.75, 3.05) is 7.11 Å². The third kappa shape index (κ3) is 2.82. The number of nitrogens with one attached hydrogen (secondary N) is 1. The average molecular weight is 298 g/mol. The van der Waals surface area contributed by atoms with E-state index in [0.717, 1.165) is 6.42 Å². The van der Waals surface area contributed by atoms with E-state index in [-0.39, 0.29) is 24.0 Å². The molecule has 7 heteroatoms. The van der Waals surface area contributed by atoms with Crippen LogP contribution in [0.3, 0.4) is 0 Å². The van der Waals surface area contributed by atoms with Crippen LogP contribution in [0.4, 0.5) is 4.79 Å². The molecule has 0 saturated carbocycles.